The molecule has 2 aliphatic heterocycles. The summed E-state index contributed by atoms with van der Waals surface area (Å²) in [5, 5.41) is 15.0. The van der Waals surface area contributed by atoms with E-state index in [2.05, 4.69) is 15.1 Å². The highest BCUT2D eigenvalue weighted by Crippen LogP contribution is 2.40. The molecule has 0 radical (unpaired) electrons. The third-order valence-corrected chi connectivity index (χ3v) is 7.34. The van der Waals surface area contributed by atoms with Gasteiger partial charge in [0.05, 0.1) is 29.7 Å². The van der Waals surface area contributed by atoms with E-state index in [9.17, 15) is 19.3 Å². The van der Waals surface area contributed by atoms with Gasteiger partial charge in [0.2, 0.25) is 5.91 Å². The number of rotatable bonds is 6. The van der Waals surface area contributed by atoms with Crippen molar-refractivity contribution in [2.24, 2.45) is 5.92 Å². The summed E-state index contributed by atoms with van der Waals surface area (Å²) >= 11 is 6.29. The van der Waals surface area contributed by atoms with Gasteiger partial charge >= 0.3 is 0 Å². The zero-order chi connectivity index (χ0) is 26.1. The van der Waals surface area contributed by atoms with Crippen LogP contribution in [0.3, 0.4) is 0 Å². The Morgan fingerprint density at radius 1 is 1.14 bits per heavy atom. The third kappa shape index (κ3) is 5.04. The number of nitro benzene ring substituents is 1. The smallest absolute Gasteiger partial charge is 0.269 e. The van der Waals surface area contributed by atoms with Crippen molar-refractivity contribution < 1.29 is 18.8 Å². The van der Waals surface area contributed by atoms with Gasteiger partial charge in [0.15, 0.2) is 0 Å². The van der Waals surface area contributed by atoms with Crippen LogP contribution in [0.5, 0.6) is 5.75 Å². The molecule has 3 aromatic rings. The van der Waals surface area contributed by atoms with Crippen LogP contribution in [0.1, 0.15) is 11.1 Å². The first-order valence-electron chi connectivity index (χ1n) is 12.0. The van der Waals surface area contributed by atoms with Crippen LogP contribution in [0, 0.1) is 21.8 Å². The van der Waals surface area contributed by atoms with Crippen LogP contribution in [-0.2, 0) is 17.8 Å². The van der Waals surface area contributed by atoms with E-state index in [1.807, 2.05) is 12.1 Å². The number of anilines is 2. The molecule has 0 unspecified atom stereocenters. The first-order chi connectivity index (χ1) is 17.8. The van der Waals surface area contributed by atoms with Gasteiger partial charge in [-0.25, -0.2) is 4.39 Å². The first-order valence-corrected chi connectivity index (χ1v) is 12.4. The Bertz CT molecular complexity index is 1340. The number of hydrogen-bond donors (Lipinski definition) is 1. The van der Waals surface area contributed by atoms with Gasteiger partial charge in [0.1, 0.15) is 11.6 Å². The molecule has 2 heterocycles. The summed E-state index contributed by atoms with van der Waals surface area (Å²) in [7, 11) is 1.61. The maximum Gasteiger partial charge on any atom is 0.269 e. The number of non-ortho nitro benzene ring substituents is 1. The van der Waals surface area contributed by atoms with E-state index in [4.69, 9.17) is 16.3 Å². The number of carbonyl (C=O) groups is 1. The maximum absolute atomic E-state index is 13.5. The van der Waals surface area contributed by atoms with Crippen molar-refractivity contribution in [2.75, 3.05) is 36.5 Å². The molecule has 0 aromatic heterocycles. The monoisotopic (exact) mass is 524 g/mol. The van der Waals surface area contributed by atoms with Crippen LogP contribution in [0.15, 0.2) is 60.7 Å². The molecular weight excluding hydrogens is 499 g/mol. The van der Waals surface area contributed by atoms with Crippen LogP contribution in [0.2, 0.25) is 5.02 Å². The highest BCUT2D eigenvalue weighted by molar-refractivity contribution is 6.31. The number of nitro groups is 1. The number of amides is 1. The van der Waals surface area contributed by atoms with E-state index in [0.717, 1.165) is 22.5 Å². The number of carbonyl (C=O) groups excluding carboxylic acids is 1. The number of methoxy groups -OCH3 is 1. The minimum absolute atomic E-state index is 0.00460. The molecule has 3 aromatic carbocycles. The van der Waals surface area contributed by atoms with Crippen molar-refractivity contribution in [1.82, 2.24) is 5.32 Å². The Labute approximate surface area is 218 Å². The predicted molar refractivity (Wildman–Crippen MR) is 140 cm³/mol. The molecule has 1 N–H and O–H groups in total. The molecular formula is C27H26ClFN4O4. The number of benzene rings is 3. The third-order valence-electron chi connectivity index (χ3n) is 7.10. The zero-order valence-corrected chi connectivity index (χ0v) is 21.0. The van der Waals surface area contributed by atoms with E-state index >= 15 is 0 Å². The maximum atomic E-state index is 13.5. The second-order valence-corrected chi connectivity index (χ2v) is 9.68. The number of piperazine rings is 1. The second-order valence-electron chi connectivity index (χ2n) is 9.25. The van der Waals surface area contributed by atoms with Gasteiger partial charge in [-0.15, -0.1) is 0 Å². The van der Waals surface area contributed by atoms with Crippen LogP contribution in [-0.4, -0.2) is 43.6 Å². The molecule has 2 aliphatic rings. The minimum atomic E-state index is -0.456. The lowest BCUT2D eigenvalue weighted by Gasteiger charge is -2.49. The van der Waals surface area contributed by atoms with Gasteiger partial charge < -0.3 is 19.9 Å². The Kier molecular flexibility index (Phi) is 6.88. The van der Waals surface area contributed by atoms with Crippen molar-refractivity contribution in [2.45, 2.75) is 19.0 Å². The average molecular weight is 525 g/mol. The molecule has 0 saturated carbocycles. The Balaban J connectivity index is 1.45. The topological polar surface area (TPSA) is 87.9 Å². The molecule has 1 saturated heterocycles. The number of hydrogen-bond acceptors (Lipinski definition) is 6. The van der Waals surface area contributed by atoms with Crippen LogP contribution < -0.4 is 19.9 Å². The van der Waals surface area contributed by atoms with Crippen molar-refractivity contribution in [3.63, 3.8) is 0 Å². The van der Waals surface area contributed by atoms with E-state index in [1.54, 1.807) is 37.4 Å². The van der Waals surface area contributed by atoms with Crippen LogP contribution in [0.25, 0.3) is 0 Å². The molecule has 8 nitrogen and oxygen atoms in total. The normalized spacial score (nSPS) is 18.6. The number of fused-ring (bicyclic) bond motifs is 3. The van der Waals surface area contributed by atoms with Crippen molar-refractivity contribution in [3.05, 3.63) is 92.7 Å². The van der Waals surface area contributed by atoms with Crippen LogP contribution in [0.4, 0.5) is 21.5 Å². The van der Waals surface area contributed by atoms with Gasteiger partial charge in [-0.1, -0.05) is 23.7 Å². The molecule has 5 rings (SSSR count). The molecule has 37 heavy (non-hydrogen) atoms. The quantitative estimate of drug-likeness (QED) is 0.375. The highest BCUT2D eigenvalue weighted by atomic mass is 35.5. The minimum Gasteiger partial charge on any atom is -0.495 e. The fraction of sp³-hybridized carbons (Fsp3) is 0.296. The number of ether oxygens (including phenoxy) is 1. The lowest BCUT2D eigenvalue weighted by atomic mass is 9.83. The summed E-state index contributed by atoms with van der Waals surface area (Å²) in [6, 6.07) is 16.1. The summed E-state index contributed by atoms with van der Waals surface area (Å²) in [6.07, 6.45) is 0.369. The van der Waals surface area contributed by atoms with E-state index in [1.165, 1.54) is 18.2 Å². The highest BCUT2D eigenvalue weighted by Gasteiger charge is 2.42. The Morgan fingerprint density at radius 3 is 2.65 bits per heavy atom. The largest absolute Gasteiger partial charge is 0.495 e. The van der Waals surface area contributed by atoms with Crippen molar-refractivity contribution >= 4 is 34.6 Å². The van der Waals surface area contributed by atoms with Crippen molar-refractivity contribution in [1.29, 1.82) is 0 Å². The number of halogens is 2. The lowest BCUT2D eigenvalue weighted by Crippen LogP contribution is -2.61. The predicted octanol–water partition coefficient (Wildman–Crippen LogP) is 4.58. The first kappa shape index (κ1) is 24.8. The molecule has 192 valence electrons. The van der Waals surface area contributed by atoms with Gasteiger partial charge in [0, 0.05) is 49.0 Å². The molecule has 0 spiro atoms. The molecule has 10 heteroatoms. The lowest BCUT2D eigenvalue weighted by molar-refractivity contribution is -0.384. The molecule has 2 atom stereocenters. The fourth-order valence-corrected chi connectivity index (χ4v) is 5.44. The Morgan fingerprint density at radius 2 is 1.92 bits per heavy atom. The number of nitrogens with zero attached hydrogens (tertiary/aromatic N) is 3. The summed E-state index contributed by atoms with van der Waals surface area (Å²) in [6.45, 7) is 2.08. The van der Waals surface area contributed by atoms with Gasteiger partial charge in [-0.3, -0.25) is 14.9 Å². The standard InChI is InChI=1S/C27H26ClFN4O4/c1-37-26-9-4-19(28)14-24(26)31-10-11-32-23-8-7-21(33(35)36)12-18(23)13-22(25(32)16-31)27(34)30-15-17-2-5-20(29)6-3-17/h2-9,12,14,22,25H,10-11,13,15-16H2,1H3,(H,30,34)/t22-,25-/m1/s1. The van der Waals surface area contributed by atoms with Gasteiger partial charge in [0.25, 0.3) is 5.69 Å². The van der Waals surface area contributed by atoms with Crippen molar-refractivity contribution in [3.8, 4) is 5.75 Å². The SMILES string of the molecule is COc1ccc(Cl)cc1N1CCN2c3ccc([N+](=O)[O-])cc3C[C@@H](C(=O)NCc3ccc(F)cc3)[C@H]2C1. The zero-order valence-electron chi connectivity index (χ0n) is 20.2. The summed E-state index contributed by atoms with van der Waals surface area (Å²) in [4.78, 5) is 28.9. The summed E-state index contributed by atoms with van der Waals surface area (Å²) in [5.41, 5.74) is 3.34. The molecule has 1 fully saturated rings. The summed E-state index contributed by atoms with van der Waals surface area (Å²) < 4.78 is 18.9. The second kappa shape index (κ2) is 10.3. The van der Waals surface area contributed by atoms with E-state index in [-0.39, 0.29) is 30.0 Å². The van der Waals surface area contributed by atoms with E-state index in [0.29, 0.717) is 36.8 Å². The number of nitrogens with one attached hydrogen (secondary N) is 1. The average Bonchev–Trinajstić information content (AvgIpc) is 2.91. The summed E-state index contributed by atoms with van der Waals surface area (Å²) in [5.74, 6) is -0.253. The van der Waals surface area contributed by atoms with Gasteiger partial charge in [-0.2, -0.15) is 0 Å². The molecule has 0 bridgehead atoms. The van der Waals surface area contributed by atoms with E-state index < -0.39 is 10.8 Å². The van der Waals surface area contributed by atoms with Crippen LogP contribution >= 0.6 is 11.6 Å². The molecule has 1 amide bonds. The molecule has 0 aliphatic carbocycles. The fourth-order valence-electron chi connectivity index (χ4n) is 5.27. The van der Waals surface area contributed by atoms with Gasteiger partial charge in [-0.05, 0) is 53.9 Å². The Hall–Kier alpha value is -3.85.